The number of nitrogens with one attached hydrogen (secondary N) is 1. The summed E-state index contributed by atoms with van der Waals surface area (Å²) in [6.45, 7) is 9.60. The molecule has 1 aromatic heterocycles. The Morgan fingerprint density at radius 3 is 2.79 bits per heavy atom. The molecule has 1 aliphatic heterocycles. The van der Waals surface area contributed by atoms with Crippen molar-refractivity contribution in [1.82, 2.24) is 15.3 Å². The predicted octanol–water partition coefficient (Wildman–Crippen LogP) is 2.16. The van der Waals surface area contributed by atoms with Crippen molar-refractivity contribution in [2.45, 2.75) is 33.4 Å². The maximum Gasteiger partial charge on any atom is 0.225 e. The summed E-state index contributed by atoms with van der Waals surface area (Å²) in [7, 11) is 0. The summed E-state index contributed by atoms with van der Waals surface area (Å²) in [5.41, 5.74) is 1.16. The summed E-state index contributed by atoms with van der Waals surface area (Å²) in [5.74, 6) is 3.89. The molecule has 0 aromatic carbocycles. The number of anilines is 1. The van der Waals surface area contributed by atoms with Gasteiger partial charge in [-0.25, -0.2) is 9.97 Å². The third-order valence-corrected chi connectivity index (χ3v) is 4.39. The molecule has 1 fully saturated rings. The van der Waals surface area contributed by atoms with Gasteiger partial charge in [0.2, 0.25) is 5.95 Å². The molecule has 1 atom stereocenters. The Morgan fingerprint density at radius 1 is 1.42 bits per heavy atom. The molecular weight excluding hydrogens is 256 g/mol. The fourth-order valence-corrected chi connectivity index (χ4v) is 3.13. The molecule has 0 aliphatic carbocycles. The summed E-state index contributed by atoms with van der Waals surface area (Å²) in [5, 5.41) is 3.41. The normalized spacial score (nSPS) is 20.0. The van der Waals surface area contributed by atoms with Crippen LogP contribution in [0.25, 0.3) is 0 Å². The molecule has 4 nitrogen and oxygen atoms in total. The van der Waals surface area contributed by atoms with Gasteiger partial charge in [0.1, 0.15) is 0 Å². The van der Waals surface area contributed by atoms with Crippen molar-refractivity contribution in [1.29, 1.82) is 0 Å². The van der Waals surface area contributed by atoms with E-state index in [1.54, 1.807) is 0 Å². The molecule has 0 bridgehead atoms. The Kier molecular flexibility index (Phi) is 5.45. The van der Waals surface area contributed by atoms with Gasteiger partial charge in [-0.1, -0.05) is 13.8 Å². The quantitative estimate of drug-likeness (QED) is 0.895. The lowest BCUT2D eigenvalue weighted by molar-refractivity contribution is 0.551. The van der Waals surface area contributed by atoms with Crippen molar-refractivity contribution in [3.63, 3.8) is 0 Å². The highest BCUT2D eigenvalue weighted by atomic mass is 32.2. The SMILES string of the molecule is CC(C)CNCc1cnc(N2CCSCC2C)nc1. The standard InChI is InChI=1S/C14H24N4S/c1-11(2)6-15-7-13-8-16-14(17-9-13)18-4-5-19-10-12(18)3/h8-9,11-12,15H,4-7,10H2,1-3H3. The van der Waals surface area contributed by atoms with Crippen LogP contribution in [0.1, 0.15) is 26.3 Å². The van der Waals surface area contributed by atoms with Crippen molar-refractivity contribution >= 4 is 17.7 Å². The van der Waals surface area contributed by atoms with Crippen molar-refractivity contribution in [2.75, 3.05) is 29.5 Å². The zero-order valence-electron chi connectivity index (χ0n) is 12.1. The number of aromatic nitrogens is 2. The van der Waals surface area contributed by atoms with E-state index >= 15 is 0 Å². The van der Waals surface area contributed by atoms with E-state index in [0.717, 1.165) is 31.1 Å². The summed E-state index contributed by atoms with van der Waals surface area (Å²) in [6.07, 6.45) is 3.90. The van der Waals surface area contributed by atoms with Crippen LogP contribution in [0.4, 0.5) is 5.95 Å². The first-order chi connectivity index (χ1) is 9.16. The van der Waals surface area contributed by atoms with E-state index in [2.05, 4.69) is 41.0 Å². The van der Waals surface area contributed by atoms with Gasteiger partial charge in [0.05, 0.1) is 0 Å². The molecule has 1 unspecified atom stereocenters. The van der Waals surface area contributed by atoms with Gasteiger partial charge in [0.15, 0.2) is 0 Å². The van der Waals surface area contributed by atoms with Gasteiger partial charge in [-0.2, -0.15) is 11.8 Å². The van der Waals surface area contributed by atoms with Crippen LogP contribution >= 0.6 is 11.8 Å². The van der Waals surface area contributed by atoms with Crippen LogP contribution in [-0.2, 0) is 6.54 Å². The summed E-state index contributed by atoms with van der Waals surface area (Å²) in [6, 6.07) is 0.531. The number of thioether (sulfide) groups is 1. The summed E-state index contributed by atoms with van der Waals surface area (Å²) in [4.78, 5) is 11.3. The number of hydrogen-bond donors (Lipinski definition) is 1. The highest BCUT2D eigenvalue weighted by Crippen LogP contribution is 2.20. The first-order valence-electron chi connectivity index (χ1n) is 7.03. The molecule has 0 amide bonds. The van der Waals surface area contributed by atoms with Crippen LogP contribution in [0.2, 0.25) is 0 Å². The lowest BCUT2D eigenvalue weighted by Gasteiger charge is -2.32. The Morgan fingerprint density at radius 2 is 2.16 bits per heavy atom. The summed E-state index contributed by atoms with van der Waals surface area (Å²) < 4.78 is 0. The monoisotopic (exact) mass is 280 g/mol. The zero-order chi connectivity index (χ0) is 13.7. The lowest BCUT2D eigenvalue weighted by atomic mass is 10.2. The fourth-order valence-electron chi connectivity index (χ4n) is 2.12. The smallest absolute Gasteiger partial charge is 0.225 e. The van der Waals surface area contributed by atoms with Crippen LogP contribution in [0, 0.1) is 5.92 Å². The van der Waals surface area contributed by atoms with E-state index in [1.807, 2.05) is 24.2 Å². The predicted molar refractivity (Wildman–Crippen MR) is 82.7 cm³/mol. The Bertz CT molecular complexity index is 380. The lowest BCUT2D eigenvalue weighted by Crippen LogP contribution is -2.41. The molecule has 2 heterocycles. The molecule has 0 saturated carbocycles. The topological polar surface area (TPSA) is 41.1 Å². The van der Waals surface area contributed by atoms with Crippen LogP contribution in [-0.4, -0.2) is 40.6 Å². The molecule has 2 rings (SSSR count). The Hall–Kier alpha value is -0.810. The van der Waals surface area contributed by atoms with E-state index in [-0.39, 0.29) is 0 Å². The minimum Gasteiger partial charge on any atom is -0.336 e. The number of nitrogens with zero attached hydrogens (tertiary/aromatic N) is 3. The molecule has 0 spiro atoms. The van der Waals surface area contributed by atoms with Crippen LogP contribution in [0.3, 0.4) is 0 Å². The van der Waals surface area contributed by atoms with Crippen molar-refractivity contribution in [3.8, 4) is 0 Å². The number of rotatable bonds is 5. The molecule has 1 saturated heterocycles. The van der Waals surface area contributed by atoms with Crippen LogP contribution in [0.5, 0.6) is 0 Å². The molecular formula is C14H24N4S. The first-order valence-corrected chi connectivity index (χ1v) is 8.18. The van der Waals surface area contributed by atoms with Crippen molar-refractivity contribution in [2.24, 2.45) is 5.92 Å². The van der Waals surface area contributed by atoms with E-state index in [4.69, 9.17) is 0 Å². The maximum absolute atomic E-state index is 4.52. The number of hydrogen-bond acceptors (Lipinski definition) is 5. The highest BCUT2D eigenvalue weighted by Gasteiger charge is 2.20. The fraction of sp³-hybridized carbons (Fsp3) is 0.714. The van der Waals surface area contributed by atoms with Gasteiger partial charge in [-0.05, 0) is 19.4 Å². The molecule has 5 heteroatoms. The Labute approximate surface area is 120 Å². The summed E-state index contributed by atoms with van der Waals surface area (Å²) >= 11 is 2.01. The second-order valence-electron chi connectivity index (χ2n) is 5.53. The third-order valence-electron chi connectivity index (χ3n) is 3.20. The molecule has 19 heavy (non-hydrogen) atoms. The highest BCUT2D eigenvalue weighted by molar-refractivity contribution is 7.99. The van der Waals surface area contributed by atoms with Crippen molar-refractivity contribution in [3.05, 3.63) is 18.0 Å². The average molecular weight is 280 g/mol. The molecule has 106 valence electrons. The van der Waals surface area contributed by atoms with Crippen LogP contribution in [0.15, 0.2) is 12.4 Å². The first kappa shape index (κ1) is 14.6. The minimum absolute atomic E-state index is 0.531. The molecule has 1 N–H and O–H groups in total. The van der Waals surface area contributed by atoms with E-state index in [9.17, 15) is 0 Å². The van der Waals surface area contributed by atoms with E-state index < -0.39 is 0 Å². The second-order valence-corrected chi connectivity index (χ2v) is 6.68. The van der Waals surface area contributed by atoms with Crippen LogP contribution < -0.4 is 10.2 Å². The van der Waals surface area contributed by atoms with Gasteiger partial charge in [0, 0.05) is 48.6 Å². The largest absolute Gasteiger partial charge is 0.336 e. The molecule has 0 radical (unpaired) electrons. The van der Waals surface area contributed by atoms with E-state index in [1.165, 1.54) is 11.5 Å². The molecule has 1 aliphatic rings. The van der Waals surface area contributed by atoms with Gasteiger partial charge in [-0.15, -0.1) is 0 Å². The van der Waals surface area contributed by atoms with Gasteiger partial charge >= 0.3 is 0 Å². The van der Waals surface area contributed by atoms with Gasteiger partial charge in [0.25, 0.3) is 0 Å². The zero-order valence-corrected chi connectivity index (χ0v) is 12.9. The second kappa shape index (κ2) is 7.10. The van der Waals surface area contributed by atoms with Crippen molar-refractivity contribution < 1.29 is 0 Å². The van der Waals surface area contributed by atoms with Gasteiger partial charge in [-0.3, -0.25) is 0 Å². The average Bonchev–Trinajstić information content (AvgIpc) is 2.40. The molecule has 1 aromatic rings. The maximum atomic E-state index is 4.52. The van der Waals surface area contributed by atoms with Gasteiger partial charge < -0.3 is 10.2 Å². The Balaban J connectivity index is 1.90. The van der Waals surface area contributed by atoms with E-state index in [0.29, 0.717) is 12.0 Å². The third kappa shape index (κ3) is 4.35. The minimum atomic E-state index is 0.531.